The first-order valence-electron chi connectivity index (χ1n) is 1.79. The molecule has 0 spiro atoms. The Balaban J connectivity index is 3.46. The zero-order chi connectivity index (χ0) is 6.73. The van der Waals surface area contributed by atoms with E-state index in [1.165, 1.54) is 3.29 Å². The fraction of sp³-hybridized carbons (Fsp3) is 0. The predicted octanol–water partition coefficient (Wildman–Crippen LogP) is 3.09. The van der Waals surface area contributed by atoms with E-state index in [1.807, 2.05) is 22.9 Å². The van der Waals surface area contributed by atoms with Crippen molar-refractivity contribution in [3.8, 4) is 0 Å². The highest BCUT2D eigenvalue weighted by Gasteiger charge is 2.01. The van der Waals surface area contributed by atoms with Crippen LogP contribution in [0.5, 0.6) is 0 Å². The van der Waals surface area contributed by atoms with Crippen LogP contribution in [0.25, 0.3) is 0 Å². The maximum Gasteiger partial charge on any atom is 0.140 e. The van der Waals surface area contributed by atoms with Crippen molar-refractivity contribution in [3.63, 3.8) is 0 Å². The van der Waals surface area contributed by atoms with Crippen molar-refractivity contribution in [2.24, 2.45) is 0 Å². The lowest BCUT2D eigenvalue weighted by molar-refractivity contribution is 1.87. The first-order chi connectivity index (χ1) is 3.55. The molecule has 0 radical (unpaired) electrons. The molecule has 0 saturated heterocycles. The van der Waals surface area contributed by atoms with Crippen LogP contribution in [0, 0.1) is 0 Å². The second kappa shape index (κ2) is 5.61. The summed E-state index contributed by atoms with van der Waals surface area (Å²) in [6.07, 6.45) is 0. The number of nitrogens with one attached hydrogen (secondary N) is 1. The van der Waals surface area contributed by atoms with Gasteiger partial charge in [0.15, 0.2) is 0 Å². The lowest BCUT2D eigenvalue weighted by atomic mass is 13.9. The summed E-state index contributed by atoms with van der Waals surface area (Å²) < 4.78 is 8.61. The SMILES string of the molecule is [3H]N(I)P(P)P(P)P. The van der Waals surface area contributed by atoms with Gasteiger partial charge >= 0.3 is 0 Å². The van der Waals surface area contributed by atoms with Crippen LogP contribution < -0.4 is 3.29 Å². The summed E-state index contributed by atoms with van der Waals surface area (Å²) >= 11 is 1.98. The van der Waals surface area contributed by atoms with Crippen LogP contribution in [0.1, 0.15) is 0 Å². The van der Waals surface area contributed by atoms with Crippen molar-refractivity contribution in [1.82, 2.24) is 3.29 Å². The third-order valence-electron chi connectivity index (χ3n) is 0.314. The summed E-state index contributed by atoms with van der Waals surface area (Å²) in [5.74, 6) is 0. The van der Waals surface area contributed by atoms with Gasteiger partial charge in [-0.3, -0.25) is 0 Å². The molecule has 1 N–H and O–H groups in total. The average molecular weight is 305 g/mol. The maximum absolute atomic E-state index is 7.13. The topological polar surface area (TPSA) is 12.0 Å². The smallest absolute Gasteiger partial charge is 0.140 e. The van der Waals surface area contributed by atoms with Gasteiger partial charge in [0, 0.05) is 30.3 Å². The Bertz CT molecular complexity index is 57.4. The van der Waals surface area contributed by atoms with Crippen LogP contribution >= 0.6 is 64.1 Å². The quantitative estimate of drug-likeness (QED) is 0.470. The van der Waals surface area contributed by atoms with Gasteiger partial charge in [-0.05, 0) is 6.99 Å². The molecule has 0 aliphatic rings. The minimum absolute atomic E-state index is 0.109. The normalized spacial score (nSPS) is 17.7. The van der Waals surface area contributed by atoms with Crippen LogP contribution in [-0.2, 0) is 0 Å². The molecule has 44 valence electrons. The molecule has 0 bridgehead atoms. The molecule has 0 fully saturated rings. The second-order valence-electron chi connectivity index (χ2n) is 0.776. The highest BCUT2D eigenvalue weighted by Crippen LogP contribution is 2.81. The molecule has 0 saturated carbocycles. The molecule has 0 heterocycles. The van der Waals surface area contributed by atoms with Crippen LogP contribution in [-0.4, -0.2) is 0 Å². The average Bonchev–Trinajstić information content (AvgIpc) is 1.64. The number of halogens is 1. The Morgan fingerprint density at radius 2 is 2.00 bits per heavy atom. The Morgan fingerprint density at radius 1 is 1.57 bits per heavy atom. The van der Waals surface area contributed by atoms with E-state index in [4.69, 9.17) is 1.41 Å². The van der Waals surface area contributed by atoms with E-state index >= 15 is 0 Å². The molecule has 0 rings (SSSR count). The first kappa shape index (κ1) is 7.94. The lowest BCUT2D eigenvalue weighted by Gasteiger charge is -2.11. The molecule has 0 amide bonds. The van der Waals surface area contributed by atoms with E-state index in [9.17, 15) is 0 Å². The molecule has 7 heteroatoms. The highest BCUT2D eigenvalue weighted by atomic mass is 127. The van der Waals surface area contributed by atoms with Gasteiger partial charge in [-0.1, -0.05) is 8.93 Å². The van der Waals surface area contributed by atoms with E-state index < -0.39 is 0 Å². The van der Waals surface area contributed by atoms with Crippen molar-refractivity contribution >= 4 is 64.1 Å². The van der Waals surface area contributed by atoms with Gasteiger partial charge in [0.05, 0.1) is 0 Å². The van der Waals surface area contributed by atoms with E-state index in [0.29, 0.717) is 0 Å². The van der Waals surface area contributed by atoms with Crippen molar-refractivity contribution < 1.29 is 1.41 Å². The van der Waals surface area contributed by atoms with Crippen LogP contribution in [0.4, 0.5) is 0 Å². The third-order valence-corrected chi connectivity index (χ3v) is 18.3. The first-order valence-corrected chi connectivity index (χ1v) is 10.5. The minimum atomic E-state index is -0.304. The monoisotopic (exact) mass is 305 g/mol. The Hall–Kier alpha value is 2.84. The summed E-state index contributed by atoms with van der Waals surface area (Å²) in [6.45, 7) is -0.109. The Morgan fingerprint density at radius 3 is 2.00 bits per heavy atom. The Kier molecular flexibility index (Phi) is 6.37. The summed E-state index contributed by atoms with van der Waals surface area (Å²) in [5.41, 5.74) is 0. The third kappa shape index (κ3) is 5.29. The number of rotatable bonds is 2. The van der Waals surface area contributed by atoms with Gasteiger partial charge < -0.3 is 0 Å². The molecular formula is H7INP5. The van der Waals surface area contributed by atoms with E-state index in [-0.39, 0.29) is 14.4 Å². The predicted molar refractivity (Wildman–Crippen MR) is 60.1 cm³/mol. The molecule has 4 unspecified atom stereocenters. The standard InChI is InChI=1S/H7INP5/c1-2-6(3)7(4)5/h2H,3-5H2/i/hT. The fourth-order valence-electron chi connectivity index (χ4n) is 0.0390. The molecule has 0 aliphatic carbocycles. The molecule has 1 nitrogen and oxygen atoms in total. The van der Waals surface area contributed by atoms with E-state index in [2.05, 4.69) is 26.8 Å². The largest absolute Gasteiger partial charge is 0.231 e. The molecule has 4 atom stereocenters. The second-order valence-corrected chi connectivity index (χ2v) is 16.7. The zero-order valence-corrected chi connectivity index (χ0v) is 10.9. The van der Waals surface area contributed by atoms with Crippen molar-refractivity contribution in [2.75, 3.05) is 0 Å². The number of hydrogen-bond acceptors (Lipinski definition) is 1. The maximum atomic E-state index is 7.13. The highest BCUT2D eigenvalue weighted by molar-refractivity contribution is 14.1. The van der Waals surface area contributed by atoms with Gasteiger partial charge in [-0.15, -0.1) is 17.9 Å². The molecule has 0 aromatic carbocycles. The number of hydrogen-bond donors (Lipinski definition) is 1. The van der Waals surface area contributed by atoms with Crippen molar-refractivity contribution in [2.45, 2.75) is 0 Å². The van der Waals surface area contributed by atoms with Gasteiger partial charge in [-0.2, -0.15) is 0 Å². The molecule has 0 aliphatic heterocycles. The van der Waals surface area contributed by atoms with E-state index in [0.717, 1.165) is 0 Å². The Labute approximate surface area is 68.6 Å². The van der Waals surface area contributed by atoms with E-state index in [1.54, 1.807) is 0 Å². The lowest BCUT2D eigenvalue weighted by Crippen LogP contribution is -1.71. The summed E-state index contributed by atoms with van der Waals surface area (Å²) in [5, 5.41) is 0. The molecule has 0 aromatic rings. The van der Waals surface area contributed by atoms with Crippen LogP contribution in [0.2, 0.25) is 1.41 Å². The van der Waals surface area contributed by atoms with Crippen molar-refractivity contribution in [3.05, 3.63) is 0 Å². The summed E-state index contributed by atoms with van der Waals surface area (Å²) in [7, 11) is 7.79. The summed E-state index contributed by atoms with van der Waals surface area (Å²) in [4.78, 5) is 0. The van der Waals surface area contributed by atoms with Crippen LogP contribution in [0.15, 0.2) is 0 Å². The van der Waals surface area contributed by atoms with Gasteiger partial charge in [0.1, 0.15) is 1.41 Å². The van der Waals surface area contributed by atoms with Gasteiger partial charge in [0.25, 0.3) is 0 Å². The van der Waals surface area contributed by atoms with Crippen molar-refractivity contribution in [1.29, 1.82) is 0 Å². The minimum Gasteiger partial charge on any atom is -0.231 e. The van der Waals surface area contributed by atoms with Crippen LogP contribution in [0.3, 0.4) is 0 Å². The molecule has 7 heavy (non-hydrogen) atoms. The van der Waals surface area contributed by atoms with Gasteiger partial charge in [0.2, 0.25) is 0 Å². The molecular weight excluding hydrogens is 296 g/mol. The fourth-order valence-corrected chi connectivity index (χ4v) is 7.07. The van der Waals surface area contributed by atoms with Gasteiger partial charge in [-0.25, -0.2) is 3.29 Å². The summed E-state index contributed by atoms with van der Waals surface area (Å²) in [6, 6.07) is 0. The zero-order valence-electron chi connectivity index (χ0n) is 4.45. The molecule has 0 aromatic heterocycles.